The van der Waals surface area contributed by atoms with Crippen LogP contribution >= 0.6 is 0 Å². The van der Waals surface area contributed by atoms with Gasteiger partial charge in [0.25, 0.3) is 0 Å². The number of nitrogens with zero attached hydrogens (tertiary/aromatic N) is 4. The minimum absolute atomic E-state index is 0.0334. The molecule has 0 rings (SSSR count). The number of nitrogens with one attached hydrogen (secondary N) is 2. The fourth-order valence-electron chi connectivity index (χ4n) is 1.82. The van der Waals surface area contributed by atoms with E-state index in [2.05, 4.69) is 25.9 Å². The highest BCUT2D eigenvalue weighted by atomic mass is 16.4. The van der Waals surface area contributed by atoms with E-state index in [4.69, 9.17) is 27.8 Å². The molecule has 0 fully saturated rings. The minimum atomic E-state index is -1.13. The van der Waals surface area contributed by atoms with Gasteiger partial charge >= 0.3 is 5.97 Å². The van der Waals surface area contributed by atoms with Crippen molar-refractivity contribution in [1.82, 2.24) is 10.7 Å². The highest BCUT2D eigenvalue weighted by molar-refractivity contribution is 5.86. The van der Waals surface area contributed by atoms with Gasteiger partial charge in [0.15, 0.2) is 5.96 Å². The van der Waals surface area contributed by atoms with Crippen molar-refractivity contribution in [3.8, 4) is 0 Å². The molecule has 0 saturated heterocycles. The normalized spacial score (nSPS) is 12.4. The Hall–Kier alpha value is -2.72. The molecule has 1 amide bonds. The summed E-state index contributed by atoms with van der Waals surface area (Å²) in [5, 5.41) is 14.7. The van der Waals surface area contributed by atoms with E-state index < -0.39 is 24.0 Å². The third-order valence-electron chi connectivity index (χ3n) is 3.07. The van der Waals surface area contributed by atoms with Crippen LogP contribution in [0.25, 0.3) is 10.4 Å². The van der Waals surface area contributed by atoms with Crippen molar-refractivity contribution in [3.05, 3.63) is 10.4 Å². The molecule has 0 aliphatic carbocycles. The number of carboxylic acid groups (broad SMARTS) is 1. The Labute approximate surface area is 139 Å². The second-order valence-corrected chi connectivity index (χ2v) is 5.05. The van der Waals surface area contributed by atoms with Gasteiger partial charge in [-0.15, -0.1) is 5.53 Å². The number of amides is 1. The van der Waals surface area contributed by atoms with Crippen LogP contribution in [0.3, 0.4) is 0 Å². The van der Waals surface area contributed by atoms with E-state index in [-0.39, 0.29) is 12.4 Å². The molecule has 0 unspecified atom stereocenters. The number of unbranched alkanes of at least 4 members (excludes halogenated alkanes) is 1. The average molecular weight is 343 g/mol. The molecule has 0 aromatic carbocycles. The summed E-state index contributed by atoms with van der Waals surface area (Å²) in [6.45, 7) is 0.776. The lowest BCUT2D eigenvalue weighted by Crippen LogP contribution is -2.48. The summed E-state index contributed by atoms with van der Waals surface area (Å²) in [6, 6.07) is -1.84. The van der Waals surface area contributed by atoms with Crippen molar-refractivity contribution in [2.75, 3.05) is 13.1 Å². The van der Waals surface area contributed by atoms with E-state index >= 15 is 0 Å². The lowest BCUT2D eigenvalue weighted by Gasteiger charge is -2.17. The van der Waals surface area contributed by atoms with Crippen LogP contribution in [0, 0.1) is 0 Å². The lowest BCUT2D eigenvalue weighted by atomic mass is 10.1. The number of guanidine groups is 1. The third kappa shape index (κ3) is 10.9. The van der Waals surface area contributed by atoms with Gasteiger partial charge in [-0.05, 0) is 37.3 Å². The largest absolute Gasteiger partial charge is 0.480 e. The highest BCUT2D eigenvalue weighted by Gasteiger charge is 2.22. The molecule has 0 saturated carbocycles. The van der Waals surface area contributed by atoms with Gasteiger partial charge in [-0.25, -0.2) is 4.79 Å². The molecular formula is C12H25N9O3. The van der Waals surface area contributed by atoms with Crippen molar-refractivity contribution in [2.24, 2.45) is 27.4 Å². The number of carbonyl (C=O) groups excluding carboxylic acids is 1. The smallest absolute Gasteiger partial charge is 0.326 e. The van der Waals surface area contributed by atoms with Crippen LogP contribution in [0.5, 0.6) is 0 Å². The second-order valence-electron chi connectivity index (χ2n) is 5.05. The van der Waals surface area contributed by atoms with Crippen LogP contribution in [0.2, 0.25) is 0 Å². The number of rotatable bonds is 13. The number of aliphatic carboxylic acids is 1. The minimum Gasteiger partial charge on any atom is -0.480 e. The highest BCUT2D eigenvalue weighted by Crippen LogP contribution is 2.03. The quantitative estimate of drug-likeness (QED) is 0.0461. The molecular weight excluding hydrogens is 318 g/mol. The zero-order valence-corrected chi connectivity index (χ0v) is 13.4. The van der Waals surface area contributed by atoms with E-state index in [0.717, 1.165) is 0 Å². The van der Waals surface area contributed by atoms with E-state index in [1.165, 1.54) is 0 Å². The summed E-state index contributed by atoms with van der Waals surface area (Å²) >= 11 is 0. The number of hydrogen-bond donors (Lipinski definition) is 6. The zero-order valence-electron chi connectivity index (χ0n) is 13.4. The first-order chi connectivity index (χ1) is 11.4. The molecule has 0 aliphatic rings. The summed E-state index contributed by atoms with van der Waals surface area (Å²) in [6.07, 6.45) is 2.23. The molecule has 2 atom stereocenters. The summed E-state index contributed by atoms with van der Waals surface area (Å²) in [4.78, 5) is 29.4. The van der Waals surface area contributed by atoms with Crippen molar-refractivity contribution >= 4 is 17.8 Å². The van der Waals surface area contributed by atoms with Crippen LogP contribution in [0.15, 0.2) is 10.2 Å². The predicted molar refractivity (Wildman–Crippen MR) is 88.5 cm³/mol. The van der Waals surface area contributed by atoms with E-state index in [1.807, 2.05) is 0 Å². The van der Waals surface area contributed by atoms with Gasteiger partial charge in [-0.2, -0.15) is 4.91 Å². The fourth-order valence-corrected chi connectivity index (χ4v) is 1.82. The zero-order chi connectivity index (χ0) is 18.4. The standard InChI is InChI=1S/C12H25N9O3/c13-8(4-3-6-17-12(14)15)10(22)19-9(11(23)24)5-1-2-7-18-21-20-16/h8-9,18H,1-7,13H2,(H,19,22)(H,23,24)(H4,14,15,17)/t8-,9-/m0/s1. The summed E-state index contributed by atoms with van der Waals surface area (Å²) in [7, 11) is 0. The molecule has 0 aliphatic heterocycles. The van der Waals surface area contributed by atoms with E-state index in [1.54, 1.807) is 0 Å². The first-order valence-corrected chi connectivity index (χ1v) is 7.49. The van der Waals surface area contributed by atoms with Crippen molar-refractivity contribution < 1.29 is 14.7 Å². The average Bonchev–Trinajstić information content (AvgIpc) is 2.52. The number of carbonyl (C=O) groups is 2. The number of carboxylic acids is 1. The van der Waals surface area contributed by atoms with Gasteiger partial charge in [0, 0.05) is 6.54 Å². The number of nitrogens with two attached hydrogens (primary N) is 3. The Bertz CT molecular complexity index is 472. The molecule has 9 N–H and O–H groups in total. The Morgan fingerprint density at radius 3 is 2.50 bits per heavy atom. The first-order valence-electron chi connectivity index (χ1n) is 7.49. The molecule has 12 heteroatoms. The van der Waals surface area contributed by atoms with E-state index in [0.29, 0.717) is 38.8 Å². The van der Waals surface area contributed by atoms with Gasteiger partial charge in [-0.3, -0.25) is 15.2 Å². The molecule has 12 nitrogen and oxygen atoms in total. The molecule has 24 heavy (non-hydrogen) atoms. The molecule has 0 aromatic heterocycles. The van der Waals surface area contributed by atoms with Gasteiger partial charge in [0.2, 0.25) is 5.91 Å². The fraction of sp³-hybridized carbons (Fsp3) is 0.750. The first kappa shape index (κ1) is 21.3. The van der Waals surface area contributed by atoms with Crippen LogP contribution in [-0.4, -0.2) is 48.1 Å². The number of hydrogen-bond acceptors (Lipinski definition) is 5. The maximum atomic E-state index is 11.9. The predicted octanol–water partition coefficient (Wildman–Crippen LogP) is -1.08. The van der Waals surface area contributed by atoms with Gasteiger partial charge < -0.3 is 27.6 Å². The second kappa shape index (κ2) is 12.8. The van der Waals surface area contributed by atoms with Crippen LogP contribution in [0.4, 0.5) is 0 Å². The third-order valence-corrected chi connectivity index (χ3v) is 3.07. The maximum Gasteiger partial charge on any atom is 0.326 e. The number of aliphatic imine (C=N–C) groups is 1. The molecule has 0 bridgehead atoms. The van der Waals surface area contributed by atoms with Crippen molar-refractivity contribution in [3.63, 3.8) is 0 Å². The topological polar surface area (TPSA) is 218 Å². The monoisotopic (exact) mass is 343 g/mol. The SMILES string of the molecule is [N-]=[N+]=NNCCCC[C@H](NC(=O)[C@@H](N)CCCN=C(N)N)C(=O)O. The van der Waals surface area contributed by atoms with Crippen LogP contribution < -0.4 is 27.9 Å². The van der Waals surface area contributed by atoms with Gasteiger partial charge in [0.1, 0.15) is 6.04 Å². The molecule has 0 spiro atoms. The van der Waals surface area contributed by atoms with Crippen LogP contribution in [-0.2, 0) is 9.59 Å². The Kier molecular flexibility index (Phi) is 11.3. The number of azide groups is 1. The molecule has 136 valence electrons. The summed E-state index contributed by atoms with van der Waals surface area (Å²) < 4.78 is 0. The molecule has 0 heterocycles. The van der Waals surface area contributed by atoms with E-state index in [9.17, 15) is 9.59 Å². The van der Waals surface area contributed by atoms with Crippen LogP contribution in [0.1, 0.15) is 32.1 Å². The van der Waals surface area contributed by atoms with Gasteiger partial charge in [-0.1, -0.05) is 0 Å². The Balaban J connectivity index is 4.15. The molecule has 0 radical (unpaired) electrons. The van der Waals surface area contributed by atoms with Crippen molar-refractivity contribution in [2.45, 2.75) is 44.2 Å². The lowest BCUT2D eigenvalue weighted by molar-refractivity contribution is -0.142. The molecule has 0 aromatic rings. The summed E-state index contributed by atoms with van der Waals surface area (Å²) in [5.74, 6) is -1.69. The van der Waals surface area contributed by atoms with Crippen molar-refractivity contribution in [1.29, 1.82) is 0 Å². The Morgan fingerprint density at radius 2 is 1.92 bits per heavy atom. The maximum absolute atomic E-state index is 11.9. The van der Waals surface area contributed by atoms with Gasteiger partial charge in [0.05, 0.1) is 12.6 Å². The Morgan fingerprint density at radius 1 is 1.21 bits per heavy atom. The summed E-state index contributed by atoms with van der Waals surface area (Å²) in [5.41, 5.74) is 26.6.